The van der Waals surface area contributed by atoms with Crippen LogP contribution in [0.1, 0.15) is 13.3 Å². The van der Waals surface area contributed by atoms with Crippen LogP contribution in [0.15, 0.2) is 0 Å². The van der Waals surface area contributed by atoms with E-state index in [1.807, 2.05) is 19.0 Å². The molecule has 0 aliphatic heterocycles. The summed E-state index contributed by atoms with van der Waals surface area (Å²) in [4.78, 5) is 3.43. The van der Waals surface area contributed by atoms with Crippen molar-refractivity contribution in [1.29, 1.82) is 0 Å². The summed E-state index contributed by atoms with van der Waals surface area (Å²) in [5.41, 5.74) is 0. The third kappa shape index (κ3) is 13.3. The monoisotopic (exact) mass is 250 g/mol. The molecule has 0 rings (SSSR count). The number of rotatable bonds is 7. The zero-order chi connectivity index (χ0) is 11.2. The van der Waals surface area contributed by atoms with Crippen molar-refractivity contribution in [1.82, 2.24) is 9.80 Å². The Labute approximate surface area is 133 Å². The van der Waals surface area contributed by atoms with Gasteiger partial charge in [-0.05, 0) is 46.6 Å². The van der Waals surface area contributed by atoms with E-state index in [4.69, 9.17) is 0 Å². The molecule has 0 bridgehead atoms. The van der Waals surface area contributed by atoms with E-state index in [0.717, 1.165) is 13.0 Å². The van der Waals surface area contributed by atoms with Gasteiger partial charge in [0, 0.05) is 0 Å². The Morgan fingerprint density at radius 1 is 1.07 bits per heavy atom. The Morgan fingerprint density at radius 2 is 1.60 bits per heavy atom. The maximum atomic E-state index is 12.1. The van der Waals surface area contributed by atoms with Gasteiger partial charge < -0.3 is 22.7 Å². The second-order valence-electron chi connectivity index (χ2n) is 3.76. The van der Waals surface area contributed by atoms with Crippen LogP contribution in [-0.4, -0.2) is 57.0 Å². The van der Waals surface area contributed by atoms with Gasteiger partial charge in [-0.3, -0.25) is 0 Å². The fourth-order valence-electron chi connectivity index (χ4n) is 1.28. The van der Waals surface area contributed by atoms with Crippen LogP contribution in [0.2, 0.25) is 0 Å². The average molecular weight is 250 g/mol. The van der Waals surface area contributed by atoms with Crippen molar-refractivity contribution in [3.8, 4) is 0 Å². The van der Waals surface area contributed by atoms with Crippen LogP contribution in [-0.2, 0) is 0 Å². The molecule has 0 saturated carbocycles. The molecule has 0 amide bonds. The van der Waals surface area contributed by atoms with E-state index < -0.39 is 13.4 Å². The molecule has 86 valence electrons. The van der Waals surface area contributed by atoms with Crippen molar-refractivity contribution in [2.24, 2.45) is 0 Å². The Bertz CT molecular complexity index is 155. The van der Waals surface area contributed by atoms with Crippen molar-refractivity contribution < 1.29 is 64.3 Å². The van der Waals surface area contributed by atoms with Gasteiger partial charge in [0.25, 0.3) is 0 Å². The van der Waals surface area contributed by atoms with Crippen LogP contribution in [0.25, 0.3) is 0 Å². The van der Waals surface area contributed by atoms with Gasteiger partial charge in [-0.1, -0.05) is 6.92 Å². The summed E-state index contributed by atoms with van der Waals surface area (Å²) in [6.45, 7) is -1.09. The van der Waals surface area contributed by atoms with Crippen molar-refractivity contribution in [2.75, 3.05) is 40.2 Å². The van der Waals surface area contributed by atoms with E-state index in [1.54, 1.807) is 6.92 Å². The zero-order valence-electron chi connectivity index (χ0n) is 10.1. The molecule has 0 radical (unpaired) electrons. The van der Waals surface area contributed by atoms with Crippen LogP contribution in [0.5, 0.6) is 0 Å². The van der Waals surface area contributed by atoms with Crippen molar-refractivity contribution in [2.45, 2.75) is 13.3 Å². The van der Waals surface area contributed by atoms with Gasteiger partial charge in [0.1, 0.15) is 0 Å². The molecule has 0 atom stereocenters. The predicted molar refractivity (Wildman–Crippen MR) is 54.4 cm³/mol. The molecule has 0 N–H and O–H groups in total. The molecule has 7 heteroatoms. The fourth-order valence-corrected chi connectivity index (χ4v) is 1.28. The first kappa shape index (κ1) is 18.8. The molecular weight excluding hydrogens is 231 g/mol. The third-order valence-electron chi connectivity index (χ3n) is 1.99. The van der Waals surface area contributed by atoms with Gasteiger partial charge >= 0.3 is 58.4 Å². The van der Waals surface area contributed by atoms with Crippen molar-refractivity contribution in [3.05, 3.63) is 0 Å². The number of nitrogens with zero attached hydrogens (tertiary/aromatic N) is 2. The SMILES string of the molecule is CCN(CCCN(C)C)C[B-](F)(F)F.[K+]. The first-order valence-electron chi connectivity index (χ1n) is 4.93. The van der Waals surface area contributed by atoms with Gasteiger partial charge in [0.15, 0.2) is 0 Å². The fraction of sp³-hybridized carbons (Fsp3) is 1.00. The number of hydrogen-bond donors (Lipinski definition) is 0. The minimum absolute atomic E-state index is 0. The number of hydrogen-bond acceptors (Lipinski definition) is 2. The molecule has 0 aromatic carbocycles. The summed E-state index contributed by atoms with van der Waals surface area (Å²) >= 11 is 0. The maximum Gasteiger partial charge on any atom is 1.00 e. The minimum atomic E-state index is -4.67. The van der Waals surface area contributed by atoms with Crippen LogP contribution in [0.3, 0.4) is 0 Å². The molecule has 0 aliphatic rings. The number of halogens is 3. The Kier molecular flexibility index (Phi) is 11.8. The summed E-state index contributed by atoms with van der Waals surface area (Å²) in [5.74, 6) is 0. The first-order valence-corrected chi connectivity index (χ1v) is 4.93. The van der Waals surface area contributed by atoms with Crippen LogP contribution < -0.4 is 51.4 Å². The van der Waals surface area contributed by atoms with Gasteiger partial charge in [-0.2, -0.15) is 0 Å². The molecular formula is C8H19BF3KN2. The van der Waals surface area contributed by atoms with Crippen molar-refractivity contribution >= 4 is 6.98 Å². The molecule has 0 aliphatic carbocycles. The van der Waals surface area contributed by atoms with E-state index in [-0.39, 0.29) is 51.4 Å². The molecule has 0 aromatic rings. The quantitative estimate of drug-likeness (QED) is 0.516. The van der Waals surface area contributed by atoms with Crippen LogP contribution in [0.4, 0.5) is 12.9 Å². The van der Waals surface area contributed by atoms with E-state index in [2.05, 4.69) is 0 Å². The second-order valence-corrected chi connectivity index (χ2v) is 3.76. The van der Waals surface area contributed by atoms with E-state index >= 15 is 0 Å². The van der Waals surface area contributed by atoms with Gasteiger partial charge in [0.2, 0.25) is 0 Å². The summed E-state index contributed by atoms with van der Waals surface area (Å²) in [6, 6.07) is 0. The summed E-state index contributed by atoms with van der Waals surface area (Å²) < 4.78 is 36.3. The van der Waals surface area contributed by atoms with E-state index in [9.17, 15) is 12.9 Å². The predicted octanol–water partition coefficient (Wildman–Crippen LogP) is -1.35. The maximum absolute atomic E-state index is 12.1. The Balaban J connectivity index is 0. The van der Waals surface area contributed by atoms with Crippen LogP contribution >= 0.6 is 0 Å². The smallest absolute Gasteiger partial charge is 0.448 e. The van der Waals surface area contributed by atoms with Gasteiger partial charge in [-0.25, -0.2) is 0 Å². The third-order valence-corrected chi connectivity index (χ3v) is 1.99. The summed E-state index contributed by atoms with van der Waals surface area (Å²) in [5, 5.41) is 0. The average Bonchev–Trinajstić information content (AvgIpc) is 1.99. The molecule has 0 unspecified atom stereocenters. The Morgan fingerprint density at radius 3 is 1.93 bits per heavy atom. The van der Waals surface area contributed by atoms with Gasteiger partial charge in [0.05, 0.1) is 0 Å². The van der Waals surface area contributed by atoms with Crippen molar-refractivity contribution in [3.63, 3.8) is 0 Å². The molecule has 0 aromatic heterocycles. The second kappa shape index (κ2) is 9.44. The zero-order valence-corrected chi connectivity index (χ0v) is 13.3. The normalized spacial score (nSPS) is 12.0. The van der Waals surface area contributed by atoms with Gasteiger partial charge in [-0.15, -0.1) is 0 Å². The standard InChI is InChI=1S/C8H19BF3N2.K/c1-4-14(8-9(10,11)12)7-5-6-13(2)3;/h4-8H2,1-3H3;/q-1;+1. The molecule has 0 fully saturated rings. The van der Waals surface area contributed by atoms with E-state index in [0.29, 0.717) is 13.1 Å². The molecule has 2 nitrogen and oxygen atoms in total. The molecule has 0 saturated heterocycles. The molecule has 0 spiro atoms. The summed E-state index contributed by atoms with van der Waals surface area (Å²) in [7, 11) is 3.84. The topological polar surface area (TPSA) is 6.48 Å². The first-order chi connectivity index (χ1) is 6.35. The van der Waals surface area contributed by atoms with Crippen LogP contribution in [0, 0.1) is 0 Å². The molecule has 0 heterocycles. The summed E-state index contributed by atoms with van der Waals surface area (Å²) in [6.07, 6.45) is 0.0525. The largest absolute Gasteiger partial charge is 1.00 e. The Hall–Kier alpha value is 1.41. The van der Waals surface area contributed by atoms with E-state index in [1.165, 1.54) is 4.90 Å². The minimum Gasteiger partial charge on any atom is -0.448 e. The molecule has 15 heavy (non-hydrogen) atoms.